The molecule has 1 saturated carbocycles. The molecule has 0 saturated heterocycles. The minimum absolute atomic E-state index is 0.0875. The molecule has 2 rings (SSSR count). The van der Waals surface area contributed by atoms with Gasteiger partial charge in [-0.25, -0.2) is 0 Å². The number of rotatable bonds is 2. The number of hydrogen-bond donors (Lipinski definition) is 1. The number of nitrogens with one attached hydrogen (secondary N) is 1. The van der Waals surface area contributed by atoms with Crippen LogP contribution in [0.3, 0.4) is 0 Å². The largest absolute Gasteiger partial charge is 0.363 e. The lowest BCUT2D eigenvalue weighted by atomic mass is 9.85. The van der Waals surface area contributed by atoms with Gasteiger partial charge in [-0.1, -0.05) is 11.6 Å². The third-order valence-corrected chi connectivity index (χ3v) is 2.18. The summed E-state index contributed by atoms with van der Waals surface area (Å²) in [4.78, 5) is 11.3. The summed E-state index contributed by atoms with van der Waals surface area (Å²) in [5.74, 6) is 0.296. The van der Waals surface area contributed by atoms with Gasteiger partial charge in [-0.15, -0.1) is 0 Å². The molecule has 0 bridgehead atoms. The fraction of sp³-hybridized carbons (Fsp3) is 0.500. The Hall–Kier alpha value is -1.32. The van der Waals surface area contributed by atoms with Gasteiger partial charge >= 0.3 is 0 Å². The maximum Gasteiger partial charge on any atom is 0.227 e. The number of amides is 1. The standard InChI is InChI=1S/C8H10N2O2/c11-8(6-2-1-3-6)10-7-4-9-12-5-7/h4-6H,1-3H2,(H,10,11). The Morgan fingerprint density at radius 2 is 2.50 bits per heavy atom. The van der Waals surface area contributed by atoms with Gasteiger partial charge in [0.25, 0.3) is 0 Å². The van der Waals surface area contributed by atoms with Gasteiger partial charge in [-0.05, 0) is 12.8 Å². The van der Waals surface area contributed by atoms with Gasteiger partial charge in [-0.2, -0.15) is 0 Å². The second-order valence-electron chi connectivity index (χ2n) is 3.03. The highest BCUT2D eigenvalue weighted by Crippen LogP contribution is 2.27. The first-order valence-electron chi connectivity index (χ1n) is 4.06. The Balaban J connectivity index is 1.90. The minimum Gasteiger partial charge on any atom is -0.363 e. The molecule has 4 heteroatoms. The van der Waals surface area contributed by atoms with Gasteiger partial charge < -0.3 is 9.84 Å². The molecule has 1 heterocycles. The normalized spacial score (nSPS) is 17.0. The van der Waals surface area contributed by atoms with Crippen LogP contribution >= 0.6 is 0 Å². The summed E-state index contributed by atoms with van der Waals surface area (Å²) in [6.45, 7) is 0. The van der Waals surface area contributed by atoms with Crippen LogP contribution in [-0.4, -0.2) is 11.1 Å². The summed E-state index contributed by atoms with van der Waals surface area (Å²) >= 11 is 0. The van der Waals surface area contributed by atoms with Gasteiger partial charge in [0.05, 0.1) is 6.20 Å². The molecule has 1 aromatic heterocycles. The van der Waals surface area contributed by atoms with E-state index in [9.17, 15) is 4.79 Å². The molecule has 0 atom stereocenters. The van der Waals surface area contributed by atoms with Gasteiger partial charge in [0.15, 0.2) is 0 Å². The smallest absolute Gasteiger partial charge is 0.227 e. The lowest BCUT2D eigenvalue weighted by molar-refractivity contribution is -0.122. The summed E-state index contributed by atoms with van der Waals surface area (Å²) in [7, 11) is 0. The molecule has 0 unspecified atom stereocenters. The quantitative estimate of drug-likeness (QED) is 0.722. The van der Waals surface area contributed by atoms with Crippen molar-refractivity contribution in [3.63, 3.8) is 0 Å². The Kier molecular flexibility index (Phi) is 1.81. The number of carbonyl (C=O) groups is 1. The SMILES string of the molecule is O=C(Nc1cnoc1)C1CCC1. The molecule has 64 valence electrons. The van der Waals surface area contributed by atoms with E-state index in [1.807, 2.05) is 0 Å². The van der Waals surface area contributed by atoms with Crippen molar-refractivity contribution in [1.82, 2.24) is 5.16 Å². The Morgan fingerprint density at radius 3 is 3.00 bits per heavy atom. The Morgan fingerprint density at radius 1 is 1.67 bits per heavy atom. The lowest BCUT2D eigenvalue weighted by Gasteiger charge is -2.23. The zero-order valence-corrected chi connectivity index (χ0v) is 6.62. The summed E-state index contributed by atoms with van der Waals surface area (Å²) in [6, 6.07) is 0. The first-order chi connectivity index (χ1) is 5.86. The molecule has 0 radical (unpaired) electrons. The van der Waals surface area contributed by atoms with E-state index in [4.69, 9.17) is 0 Å². The molecule has 0 aromatic carbocycles. The van der Waals surface area contributed by atoms with E-state index in [0.717, 1.165) is 12.8 Å². The van der Waals surface area contributed by atoms with Crippen LogP contribution < -0.4 is 5.32 Å². The van der Waals surface area contributed by atoms with E-state index in [2.05, 4.69) is 15.0 Å². The van der Waals surface area contributed by atoms with Crippen molar-refractivity contribution in [2.45, 2.75) is 19.3 Å². The average Bonchev–Trinajstić information content (AvgIpc) is 2.34. The van der Waals surface area contributed by atoms with E-state index < -0.39 is 0 Å². The van der Waals surface area contributed by atoms with E-state index in [-0.39, 0.29) is 11.8 Å². The number of carbonyl (C=O) groups excluding carboxylic acids is 1. The zero-order valence-electron chi connectivity index (χ0n) is 6.62. The summed E-state index contributed by atoms with van der Waals surface area (Å²) in [5, 5.41) is 6.22. The van der Waals surface area contributed by atoms with Crippen molar-refractivity contribution in [1.29, 1.82) is 0 Å². The maximum atomic E-state index is 11.3. The van der Waals surface area contributed by atoms with Gasteiger partial charge in [0.1, 0.15) is 12.0 Å². The molecule has 4 nitrogen and oxygen atoms in total. The van der Waals surface area contributed by atoms with Crippen molar-refractivity contribution in [2.75, 3.05) is 5.32 Å². The van der Waals surface area contributed by atoms with Gasteiger partial charge in [-0.3, -0.25) is 4.79 Å². The van der Waals surface area contributed by atoms with Gasteiger partial charge in [0.2, 0.25) is 5.91 Å². The van der Waals surface area contributed by atoms with Crippen molar-refractivity contribution < 1.29 is 9.32 Å². The van der Waals surface area contributed by atoms with Crippen molar-refractivity contribution in [3.05, 3.63) is 12.5 Å². The van der Waals surface area contributed by atoms with Crippen molar-refractivity contribution in [2.24, 2.45) is 5.92 Å². The van der Waals surface area contributed by atoms with Crippen LogP contribution in [0.5, 0.6) is 0 Å². The highest BCUT2D eigenvalue weighted by molar-refractivity contribution is 5.92. The molecule has 1 amide bonds. The minimum atomic E-state index is 0.0875. The topological polar surface area (TPSA) is 55.1 Å². The number of anilines is 1. The monoisotopic (exact) mass is 166 g/mol. The van der Waals surface area contributed by atoms with E-state index in [0.29, 0.717) is 5.69 Å². The summed E-state index contributed by atoms with van der Waals surface area (Å²) in [5.41, 5.74) is 0.645. The molecule has 12 heavy (non-hydrogen) atoms. The lowest BCUT2D eigenvalue weighted by Crippen LogP contribution is -2.27. The van der Waals surface area contributed by atoms with E-state index in [1.54, 1.807) is 0 Å². The van der Waals surface area contributed by atoms with Gasteiger partial charge in [0, 0.05) is 5.92 Å². The van der Waals surface area contributed by atoms with E-state index in [1.165, 1.54) is 18.9 Å². The van der Waals surface area contributed by atoms with Crippen LogP contribution in [-0.2, 0) is 4.79 Å². The molecule has 0 spiro atoms. The molecule has 1 aliphatic carbocycles. The predicted octanol–water partition coefficient (Wildman–Crippen LogP) is 1.41. The van der Waals surface area contributed by atoms with Crippen LogP contribution in [0, 0.1) is 5.92 Å². The third kappa shape index (κ3) is 1.32. The first-order valence-corrected chi connectivity index (χ1v) is 4.06. The highest BCUT2D eigenvalue weighted by atomic mass is 16.5. The number of nitrogens with zero attached hydrogens (tertiary/aromatic N) is 1. The maximum absolute atomic E-state index is 11.3. The van der Waals surface area contributed by atoms with Crippen LogP contribution in [0.15, 0.2) is 17.0 Å². The van der Waals surface area contributed by atoms with Crippen LogP contribution in [0.4, 0.5) is 5.69 Å². The fourth-order valence-corrected chi connectivity index (χ4v) is 1.18. The third-order valence-electron chi connectivity index (χ3n) is 2.18. The van der Waals surface area contributed by atoms with Crippen molar-refractivity contribution in [3.8, 4) is 0 Å². The van der Waals surface area contributed by atoms with E-state index >= 15 is 0 Å². The summed E-state index contributed by atoms with van der Waals surface area (Å²) < 4.78 is 4.58. The molecule has 1 fully saturated rings. The van der Waals surface area contributed by atoms with Crippen LogP contribution in [0.25, 0.3) is 0 Å². The molecule has 1 N–H and O–H groups in total. The first kappa shape index (κ1) is 7.34. The summed E-state index contributed by atoms with van der Waals surface area (Å²) in [6.07, 6.45) is 6.11. The highest BCUT2D eigenvalue weighted by Gasteiger charge is 2.25. The Bertz CT molecular complexity index is 265. The molecule has 1 aliphatic rings. The van der Waals surface area contributed by atoms with Crippen molar-refractivity contribution >= 4 is 11.6 Å². The number of aromatic nitrogens is 1. The second-order valence-corrected chi connectivity index (χ2v) is 3.03. The zero-order chi connectivity index (χ0) is 8.39. The second kappa shape index (κ2) is 2.97. The predicted molar refractivity (Wildman–Crippen MR) is 42.5 cm³/mol. The average molecular weight is 166 g/mol. The number of hydrogen-bond acceptors (Lipinski definition) is 3. The molecule has 1 aromatic rings. The molecular weight excluding hydrogens is 156 g/mol. The molecule has 0 aliphatic heterocycles. The molecular formula is C8H10N2O2. The van der Waals surface area contributed by atoms with Crippen LogP contribution in [0.2, 0.25) is 0 Å². The Labute approximate surface area is 69.9 Å². The van der Waals surface area contributed by atoms with Crippen LogP contribution in [0.1, 0.15) is 19.3 Å². The fourth-order valence-electron chi connectivity index (χ4n) is 1.18.